The number of hydrogen-bond acceptors (Lipinski definition) is 5. The predicted octanol–water partition coefficient (Wildman–Crippen LogP) is 1.02. The van der Waals surface area contributed by atoms with Crippen LogP contribution >= 0.6 is 7.59 Å². The first-order valence-corrected chi connectivity index (χ1v) is 8.03. The van der Waals surface area contributed by atoms with Crippen molar-refractivity contribution in [2.24, 2.45) is 11.2 Å². The first kappa shape index (κ1) is 15.4. The van der Waals surface area contributed by atoms with Gasteiger partial charge in [0.15, 0.2) is 0 Å². The summed E-state index contributed by atoms with van der Waals surface area (Å²) in [5.41, 5.74) is 11.6. The lowest BCUT2D eigenvalue weighted by molar-refractivity contribution is -0.384. The minimum Gasteiger partial charge on any atom is -0.320 e. The number of amides is 1. The maximum absolute atomic E-state index is 12.5. The van der Waals surface area contributed by atoms with Gasteiger partial charge >= 0.3 is 7.59 Å². The molecule has 1 aromatic carbocycles. The molecule has 1 saturated heterocycles. The summed E-state index contributed by atoms with van der Waals surface area (Å²) in [7, 11) is -3.64. The van der Waals surface area contributed by atoms with Crippen molar-refractivity contribution in [1.29, 1.82) is 0 Å². The molecule has 2 atom stereocenters. The number of carbonyl (C=O) groups is 1. The van der Waals surface area contributed by atoms with Crippen molar-refractivity contribution >= 4 is 24.9 Å². The molecule has 1 heterocycles. The van der Waals surface area contributed by atoms with Crippen LogP contribution in [0.15, 0.2) is 24.3 Å². The van der Waals surface area contributed by atoms with Gasteiger partial charge in [0, 0.05) is 24.4 Å². The van der Waals surface area contributed by atoms with Gasteiger partial charge in [0.05, 0.1) is 11.0 Å². The summed E-state index contributed by atoms with van der Waals surface area (Å²) >= 11 is 0. The quantitative estimate of drug-likeness (QED) is 0.427. The zero-order chi connectivity index (χ0) is 15.6. The van der Waals surface area contributed by atoms with Gasteiger partial charge in [-0.3, -0.25) is 24.1 Å². The summed E-state index contributed by atoms with van der Waals surface area (Å²) in [6.45, 7) is 0.264. The molecule has 9 nitrogen and oxygen atoms in total. The highest BCUT2D eigenvalue weighted by molar-refractivity contribution is 7.61. The van der Waals surface area contributed by atoms with Gasteiger partial charge in [0.25, 0.3) is 5.69 Å². The highest BCUT2D eigenvalue weighted by Gasteiger charge is 2.36. The number of nitrogens with two attached hydrogens (primary N) is 2. The highest BCUT2D eigenvalue weighted by atomic mass is 31.2. The van der Waals surface area contributed by atoms with E-state index in [1.165, 1.54) is 24.3 Å². The Labute approximate surface area is 121 Å². The first-order chi connectivity index (χ1) is 9.81. The van der Waals surface area contributed by atoms with E-state index < -0.39 is 24.5 Å². The normalized spacial score (nSPS) is 21.7. The van der Waals surface area contributed by atoms with E-state index in [1.54, 1.807) is 0 Å². The minimum absolute atomic E-state index is 0.0940. The SMILES string of the molecule is N[C@H]1CCCN(P(N)(=O)Nc2ccc([N+](=O)[O-])cc2)C1=O. The van der Waals surface area contributed by atoms with E-state index >= 15 is 0 Å². The molecule has 2 rings (SSSR count). The molecule has 0 saturated carbocycles. The van der Waals surface area contributed by atoms with E-state index in [1.807, 2.05) is 0 Å². The molecule has 1 aromatic rings. The predicted molar refractivity (Wildman–Crippen MR) is 77.4 cm³/mol. The number of hydrogen-bond donors (Lipinski definition) is 3. The van der Waals surface area contributed by atoms with Crippen molar-refractivity contribution in [3.05, 3.63) is 34.4 Å². The molecular weight excluding hydrogens is 297 g/mol. The number of nitrogens with zero attached hydrogens (tertiary/aromatic N) is 2. The fourth-order valence-electron chi connectivity index (χ4n) is 2.08. The average molecular weight is 313 g/mol. The Hall–Kier alpha value is -1.96. The van der Waals surface area contributed by atoms with E-state index in [-0.39, 0.29) is 12.2 Å². The molecule has 0 aromatic heterocycles. The number of anilines is 1. The van der Waals surface area contributed by atoms with Crippen molar-refractivity contribution in [1.82, 2.24) is 4.67 Å². The van der Waals surface area contributed by atoms with Crippen LogP contribution in [-0.2, 0) is 9.36 Å². The zero-order valence-electron chi connectivity index (χ0n) is 11.1. The third-order valence-corrected chi connectivity index (χ3v) is 4.88. The second kappa shape index (κ2) is 5.80. The Morgan fingerprint density at radius 3 is 2.57 bits per heavy atom. The van der Waals surface area contributed by atoms with Crippen LogP contribution in [0.3, 0.4) is 0 Å². The van der Waals surface area contributed by atoms with E-state index in [9.17, 15) is 19.5 Å². The Morgan fingerprint density at radius 1 is 1.38 bits per heavy atom. The molecule has 21 heavy (non-hydrogen) atoms. The van der Waals surface area contributed by atoms with Crippen LogP contribution in [0, 0.1) is 10.1 Å². The third-order valence-electron chi connectivity index (χ3n) is 3.18. The van der Waals surface area contributed by atoms with Gasteiger partial charge in [-0.25, -0.2) is 5.50 Å². The van der Waals surface area contributed by atoms with Crippen molar-refractivity contribution in [2.75, 3.05) is 11.6 Å². The van der Waals surface area contributed by atoms with E-state index in [0.717, 1.165) is 4.67 Å². The highest BCUT2D eigenvalue weighted by Crippen LogP contribution is 2.43. The van der Waals surface area contributed by atoms with Gasteiger partial charge in [0.2, 0.25) is 5.91 Å². The fourth-order valence-corrected chi connectivity index (χ4v) is 3.60. The number of nitrogens with one attached hydrogen (secondary N) is 1. The van der Waals surface area contributed by atoms with Gasteiger partial charge in [-0.15, -0.1) is 0 Å². The van der Waals surface area contributed by atoms with Crippen LogP contribution in [-0.4, -0.2) is 28.1 Å². The largest absolute Gasteiger partial charge is 0.330 e. The fraction of sp³-hybridized carbons (Fsp3) is 0.364. The van der Waals surface area contributed by atoms with Gasteiger partial charge in [-0.1, -0.05) is 0 Å². The number of nitro groups is 1. The van der Waals surface area contributed by atoms with Crippen molar-refractivity contribution in [3.8, 4) is 0 Å². The lowest BCUT2D eigenvalue weighted by Gasteiger charge is -2.34. The maximum atomic E-state index is 12.5. The van der Waals surface area contributed by atoms with E-state index in [2.05, 4.69) is 5.09 Å². The average Bonchev–Trinajstić information content (AvgIpc) is 2.41. The standard InChI is InChI=1S/C11H16N5O4P/c12-10-2-1-7-15(11(10)17)21(13,20)14-8-3-5-9(6-4-8)16(18)19/h3-6,10H,1-2,7,12H2,(H3,13,14,20)/t10-,21?/m0/s1. The monoisotopic (exact) mass is 313 g/mol. The summed E-state index contributed by atoms with van der Waals surface area (Å²) in [5.74, 6) is -0.457. The molecule has 0 bridgehead atoms. The molecule has 5 N–H and O–H groups in total. The maximum Gasteiger partial charge on any atom is 0.330 e. The molecule has 10 heteroatoms. The number of non-ortho nitro benzene ring substituents is 1. The molecule has 1 aliphatic rings. The first-order valence-electron chi connectivity index (χ1n) is 6.30. The smallest absolute Gasteiger partial charge is 0.320 e. The summed E-state index contributed by atoms with van der Waals surface area (Å²) in [6, 6.07) is 4.57. The summed E-state index contributed by atoms with van der Waals surface area (Å²) in [5, 5.41) is 13.1. The molecule has 1 amide bonds. The Bertz CT molecular complexity index is 605. The minimum atomic E-state index is -3.64. The summed E-state index contributed by atoms with van der Waals surface area (Å²) < 4.78 is 13.6. The number of nitro benzene ring substituents is 1. The van der Waals surface area contributed by atoms with Crippen LogP contribution in [0.2, 0.25) is 0 Å². The summed E-state index contributed by atoms with van der Waals surface area (Å²) in [6.07, 6.45) is 1.16. The van der Waals surface area contributed by atoms with Gasteiger partial charge in [-0.2, -0.15) is 0 Å². The van der Waals surface area contributed by atoms with Crippen molar-refractivity contribution in [2.45, 2.75) is 18.9 Å². The van der Waals surface area contributed by atoms with Crippen LogP contribution in [0.1, 0.15) is 12.8 Å². The molecule has 0 spiro atoms. The number of piperidine rings is 1. The zero-order valence-corrected chi connectivity index (χ0v) is 12.0. The van der Waals surface area contributed by atoms with Crippen molar-refractivity contribution in [3.63, 3.8) is 0 Å². The van der Waals surface area contributed by atoms with Crippen LogP contribution in [0.4, 0.5) is 11.4 Å². The lowest BCUT2D eigenvalue weighted by atomic mass is 10.1. The topological polar surface area (TPSA) is 145 Å². The molecule has 0 aliphatic carbocycles. The van der Waals surface area contributed by atoms with Gasteiger partial charge in [-0.05, 0) is 25.0 Å². The molecular formula is C11H16N5O4P. The van der Waals surface area contributed by atoms with Gasteiger partial charge < -0.3 is 10.8 Å². The Morgan fingerprint density at radius 2 is 2.00 bits per heavy atom. The van der Waals surface area contributed by atoms with Crippen molar-refractivity contribution < 1.29 is 14.3 Å². The Balaban J connectivity index is 2.15. The van der Waals surface area contributed by atoms with E-state index in [4.69, 9.17) is 11.2 Å². The van der Waals surface area contributed by atoms with E-state index in [0.29, 0.717) is 18.5 Å². The number of benzene rings is 1. The van der Waals surface area contributed by atoms with Crippen LogP contribution in [0.5, 0.6) is 0 Å². The molecule has 1 aliphatic heterocycles. The number of carbonyl (C=O) groups excluding carboxylic acids is 1. The Kier molecular flexibility index (Phi) is 4.26. The summed E-state index contributed by atoms with van der Waals surface area (Å²) in [4.78, 5) is 21.9. The second-order valence-electron chi connectivity index (χ2n) is 4.75. The van der Waals surface area contributed by atoms with Crippen LogP contribution < -0.4 is 16.3 Å². The third kappa shape index (κ3) is 3.38. The number of rotatable bonds is 4. The molecule has 1 fully saturated rings. The van der Waals surface area contributed by atoms with Gasteiger partial charge in [0.1, 0.15) is 0 Å². The molecule has 114 valence electrons. The van der Waals surface area contributed by atoms with Crippen LogP contribution in [0.25, 0.3) is 0 Å². The molecule has 0 radical (unpaired) electrons. The second-order valence-corrected chi connectivity index (χ2v) is 6.70. The lowest BCUT2D eigenvalue weighted by Crippen LogP contribution is -2.48. The molecule has 1 unspecified atom stereocenters.